The van der Waals surface area contributed by atoms with Crippen LogP contribution in [0.25, 0.3) is 11.8 Å². The second kappa shape index (κ2) is 8.30. The van der Waals surface area contributed by atoms with Crippen LogP contribution in [0.1, 0.15) is 17.0 Å². The number of hydrogen-bond donors (Lipinski definition) is 1. The van der Waals surface area contributed by atoms with Crippen LogP contribution >= 0.6 is 35.0 Å². The molecule has 1 aliphatic rings. The first-order valence-corrected chi connectivity index (χ1v) is 10.6. The molecule has 1 N–H and O–H groups in total. The van der Waals surface area contributed by atoms with Gasteiger partial charge in [0.15, 0.2) is 5.17 Å². The van der Waals surface area contributed by atoms with Crippen LogP contribution in [-0.2, 0) is 4.79 Å². The molecule has 30 heavy (non-hydrogen) atoms. The Morgan fingerprint density at radius 1 is 1.13 bits per heavy atom. The Balaban J connectivity index is 1.65. The number of benzene rings is 2. The first-order valence-electron chi connectivity index (χ1n) is 9.02. The molecule has 4 nitrogen and oxygen atoms in total. The maximum Gasteiger partial charge on any atom is 0.264 e. The number of hydrogen-bond acceptors (Lipinski definition) is 3. The Morgan fingerprint density at radius 2 is 1.87 bits per heavy atom. The number of thioether (sulfide) groups is 1. The lowest BCUT2D eigenvalue weighted by molar-refractivity contribution is -0.115. The van der Waals surface area contributed by atoms with Crippen LogP contribution in [0.3, 0.4) is 0 Å². The summed E-state index contributed by atoms with van der Waals surface area (Å²) in [4.78, 5) is 17.4. The number of aliphatic imine (C=N–C) groups is 1. The fourth-order valence-corrected chi connectivity index (χ4v) is 4.39. The van der Waals surface area contributed by atoms with Gasteiger partial charge in [-0.3, -0.25) is 4.79 Å². The second-order valence-corrected chi connectivity index (χ2v) is 8.51. The second-order valence-electron chi connectivity index (χ2n) is 6.69. The van der Waals surface area contributed by atoms with Crippen LogP contribution in [0.2, 0.25) is 10.0 Å². The number of carbonyl (C=O) groups excluding carboxylic acids is 1. The summed E-state index contributed by atoms with van der Waals surface area (Å²) in [5.41, 5.74) is 4.17. The van der Waals surface area contributed by atoms with Gasteiger partial charge in [-0.1, -0.05) is 29.3 Å². The summed E-state index contributed by atoms with van der Waals surface area (Å²) in [6.45, 7) is 3.93. The summed E-state index contributed by atoms with van der Waals surface area (Å²) in [6, 6.07) is 13.4. The van der Waals surface area contributed by atoms with Crippen molar-refractivity contribution in [1.82, 2.24) is 9.88 Å². The van der Waals surface area contributed by atoms with Gasteiger partial charge in [0, 0.05) is 17.1 Å². The fraction of sp³-hybridized carbons (Fsp3) is 0.0909. The highest BCUT2D eigenvalue weighted by Gasteiger charge is 2.25. The SMILES string of the molecule is Cc1cc(/C=C2\SC(=Nc3cccc(Cl)c3Cl)NC2=O)c(C)n1-c1ccc(F)cc1. The fourth-order valence-electron chi connectivity index (χ4n) is 3.23. The van der Waals surface area contributed by atoms with E-state index in [1.165, 1.54) is 23.9 Å². The maximum atomic E-state index is 13.3. The van der Waals surface area contributed by atoms with Crippen LogP contribution in [-0.4, -0.2) is 15.6 Å². The van der Waals surface area contributed by atoms with E-state index < -0.39 is 0 Å². The van der Waals surface area contributed by atoms with E-state index in [1.54, 1.807) is 30.3 Å². The summed E-state index contributed by atoms with van der Waals surface area (Å²) >= 11 is 13.4. The molecule has 0 aliphatic carbocycles. The Hall–Kier alpha value is -2.54. The molecule has 0 spiro atoms. The summed E-state index contributed by atoms with van der Waals surface area (Å²) in [7, 11) is 0. The Labute approximate surface area is 187 Å². The van der Waals surface area contributed by atoms with Gasteiger partial charge in [0.2, 0.25) is 0 Å². The Kier molecular flexibility index (Phi) is 5.73. The van der Waals surface area contributed by atoms with Gasteiger partial charge < -0.3 is 9.88 Å². The average Bonchev–Trinajstić information content (AvgIpc) is 3.19. The van der Waals surface area contributed by atoms with Crippen LogP contribution < -0.4 is 5.32 Å². The van der Waals surface area contributed by atoms with Crippen molar-refractivity contribution in [2.24, 2.45) is 4.99 Å². The Morgan fingerprint density at radius 3 is 2.60 bits per heavy atom. The van der Waals surface area contributed by atoms with E-state index in [0.717, 1.165) is 22.6 Å². The monoisotopic (exact) mass is 459 g/mol. The van der Waals surface area contributed by atoms with Gasteiger partial charge >= 0.3 is 0 Å². The highest BCUT2D eigenvalue weighted by molar-refractivity contribution is 8.18. The van der Waals surface area contributed by atoms with Gasteiger partial charge in [0.1, 0.15) is 5.82 Å². The van der Waals surface area contributed by atoms with Gasteiger partial charge in [-0.25, -0.2) is 9.38 Å². The maximum absolute atomic E-state index is 13.3. The van der Waals surface area contributed by atoms with Gasteiger partial charge in [0.05, 0.1) is 20.6 Å². The molecule has 1 amide bonds. The van der Waals surface area contributed by atoms with Crippen molar-refractivity contribution in [1.29, 1.82) is 0 Å². The minimum Gasteiger partial charge on any atom is -0.318 e. The molecule has 0 bridgehead atoms. The number of carbonyl (C=O) groups is 1. The van der Waals surface area contributed by atoms with Gasteiger partial charge in [0.25, 0.3) is 5.91 Å². The third-order valence-electron chi connectivity index (χ3n) is 4.65. The molecule has 1 aromatic heterocycles. The van der Waals surface area contributed by atoms with Gasteiger partial charge in [-0.15, -0.1) is 0 Å². The average molecular weight is 460 g/mol. The van der Waals surface area contributed by atoms with E-state index in [9.17, 15) is 9.18 Å². The predicted octanol–water partition coefficient (Wildman–Crippen LogP) is 6.43. The highest BCUT2D eigenvalue weighted by Crippen LogP contribution is 2.35. The molecule has 0 atom stereocenters. The number of amidine groups is 1. The lowest BCUT2D eigenvalue weighted by Crippen LogP contribution is -2.19. The molecule has 1 aliphatic heterocycles. The summed E-state index contributed by atoms with van der Waals surface area (Å²) in [5.74, 6) is -0.516. The predicted molar refractivity (Wildman–Crippen MR) is 122 cm³/mol. The molecule has 152 valence electrons. The molecular formula is C22H16Cl2FN3OS. The number of nitrogens with one attached hydrogen (secondary N) is 1. The van der Waals surface area contributed by atoms with Crippen molar-refractivity contribution >= 4 is 57.8 Å². The largest absolute Gasteiger partial charge is 0.318 e. The normalized spacial score (nSPS) is 16.5. The molecule has 1 saturated heterocycles. The van der Waals surface area contributed by atoms with E-state index in [0.29, 0.717) is 25.8 Å². The highest BCUT2D eigenvalue weighted by atomic mass is 35.5. The molecule has 2 heterocycles. The lowest BCUT2D eigenvalue weighted by atomic mass is 10.2. The van der Waals surface area contributed by atoms with Crippen LogP contribution in [0, 0.1) is 19.7 Å². The van der Waals surface area contributed by atoms with E-state index >= 15 is 0 Å². The Bertz CT molecular complexity index is 1220. The number of aromatic nitrogens is 1. The van der Waals surface area contributed by atoms with Crippen molar-refractivity contribution in [2.45, 2.75) is 13.8 Å². The molecule has 1 fully saturated rings. The zero-order valence-electron chi connectivity index (χ0n) is 16.0. The van der Waals surface area contributed by atoms with Gasteiger partial charge in [-0.05, 0) is 79.7 Å². The first kappa shape index (κ1) is 20.7. The zero-order chi connectivity index (χ0) is 21.4. The quantitative estimate of drug-likeness (QED) is 0.458. The molecule has 2 aromatic carbocycles. The van der Waals surface area contributed by atoms with Crippen molar-refractivity contribution in [3.8, 4) is 5.69 Å². The van der Waals surface area contributed by atoms with E-state index in [4.69, 9.17) is 23.2 Å². The van der Waals surface area contributed by atoms with Crippen molar-refractivity contribution in [3.63, 3.8) is 0 Å². The van der Waals surface area contributed by atoms with Crippen LogP contribution in [0.4, 0.5) is 10.1 Å². The standard InChI is InChI=1S/C22H16Cl2FN3OS/c1-12-10-14(13(2)28(12)16-8-6-15(25)7-9-16)11-19-21(29)27-22(30-19)26-18-5-3-4-17(23)20(18)24/h3-11H,1-2H3,(H,26,27,29)/b19-11-. The number of nitrogens with zero attached hydrogens (tertiary/aromatic N) is 2. The number of amides is 1. The molecule has 0 radical (unpaired) electrons. The van der Waals surface area contributed by atoms with Crippen LogP contribution in [0.15, 0.2) is 58.4 Å². The van der Waals surface area contributed by atoms with Crippen molar-refractivity contribution < 1.29 is 9.18 Å². The minimum atomic E-state index is -0.283. The first-order chi connectivity index (χ1) is 14.3. The summed E-state index contributed by atoms with van der Waals surface area (Å²) < 4.78 is 15.3. The third kappa shape index (κ3) is 4.03. The summed E-state index contributed by atoms with van der Waals surface area (Å²) in [6.07, 6.45) is 1.82. The smallest absolute Gasteiger partial charge is 0.264 e. The number of aryl methyl sites for hydroxylation is 1. The number of rotatable bonds is 3. The van der Waals surface area contributed by atoms with E-state index in [2.05, 4.69) is 10.3 Å². The zero-order valence-corrected chi connectivity index (χ0v) is 18.4. The van der Waals surface area contributed by atoms with Crippen LogP contribution in [0.5, 0.6) is 0 Å². The van der Waals surface area contributed by atoms with E-state index in [-0.39, 0.29) is 11.7 Å². The number of halogens is 3. The van der Waals surface area contributed by atoms with Gasteiger partial charge in [-0.2, -0.15) is 0 Å². The minimum absolute atomic E-state index is 0.233. The topological polar surface area (TPSA) is 46.4 Å². The summed E-state index contributed by atoms with van der Waals surface area (Å²) in [5, 5.41) is 3.92. The third-order valence-corrected chi connectivity index (χ3v) is 6.36. The van der Waals surface area contributed by atoms with E-state index in [1.807, 2.05) is 30.6 Å². The van der Waals surface area contributed by atoms with Crippen molar-refractivity contribution in [3.05, 3.63) is 86.2 Å². The molecule has 4 rings (SSSR count). The molecular weight excluding hydrogens is 444 g/mol. The van der Waals surface area contributed by atoms with Crippen molar-refractivity contribution in [2.75, 3.05) is 0 Å². The molecule has 0 unspecified atom stereocenters. The molecule has 3 aromatic rings. The molecule has 0 saturated carbocycles. The molecule has 8 heteroatoms. The lowest BCUT2D eigenvalue weighted by Gasteiger charge is -2.09.